The molecule has 3 fully saturated rings. The van der Waals surface area contributed by atoms with Crippen molar-refractivity contribution in [1.29, 1.82) is 0 Å². The van der Waals surface area contributed by atoms with Crippen molar-refractivity contribution in [3.63, 3.8) is 0 Å². The van der Waals surface area contributed by atoms with Crippen LogP contribution in [0.3, 0.4) is 0 Å². The van der Waals surface area contributed by atoms with E-state index in [4.69, 9.17) is 5.73 Å². The number of rotatable bonds is 3. The van der Waals surface area contributed by atoms with Gasteiger partial charge in [0.15, 0.2) is 0 Å². The van der Waals surface area contributed by atoms with Crippen LogP contribution >= 0.6 is 0 Å². The highest BCUT2D eigenvalue weighted by Gasteiger charge is 2.46. The van der Waals surface area contributed by atoms with Crippen LogP contribution in [0.25, 0.3) is 0 Å². The number of carbonyl (C=O) groups is 2. The Morgan fingerprint density at radius 3 is 2.32 bits per heavy atom. The molecule has 6 nitrogen and oxygen atoms in total. The number of alkyl halides is 3. The standard InChI is InChI=1S/C21H26F4N4O2/c22-17-9-16(21(23,24)25)2-1-14(17)10-27-12-20(13-27)4-7-28(8-5-20)19(31)29-6-3-15(11-29)18(26)30/h1-2,9,15H,3-8,10-13H2,(H2,26,30)/t15-/m0/s1. The summed E-state index contributed by atoms with van der Waals surface area (Å²) in [5.41, 5.74) is 4.68. The molecule has 3 aliphatic rings. The molecular formula is C21H26F4N4O2. The Bertz CT molecular complexity index is 859. The van der Waals surface area contributed by atoms with Crippen molar-refractivity contribution in [2.45, 2.75) is 32.0 Å². The summed E-state index contributed by atoms with van der Waals surface area (Å²) in [4.78, 5) is 29.5. The second-order valence-corrected chi connectivity index (χ2v) is 9.05. The molecule has 0 saturated carbocycles. The van der Waals surface area contributed by atoms with Crippen molar-refractivity contribution in [1.82, 2.24) is 14.7 Å². The summed E-state index contributed by atoms with van der Waals surface area (Å²) in [5.74, 6) is -1.48. The van der Waals surface area contributed by atoms with Gasteiger partial charge in [-0.3, -0.25) is 9.69 Å². The summed E-state index contributed by atoms with van der Waals surface area (Å²) in [6, 6.07) is 2.62. The van der Waals surface area contributed by atoms with Gasteiger partial charge in [0.25, 0.3) is 0 Å². The van der Waals surface area contributed by atoms with Crippen molar-refractivity contribution in [2.24, 2.45) is 17.1 Å². The Labute approximate surface area is 177 Å². The van der Waals surface area contributed by atoms with E-state index in [1.54, 1.807) is 4.90 Å². The van der Waals surface area contributed by atoms with Crippen molar-refractivity contribution >= 4 is 11.9 Å². The minimum Gasteiger partial charge on any atom is -0.369 e. The van der Waals surface area contributed by atoms with E-state index in [-0.39, 0.29) is 35.4 Å². The van der Waals surface area contributed by atoms with Gasteiger partial charge >= 0.3 is 12.2 Å². The molecule has 0 bridgehead atoms. The maximum Gasteiger partial charge on any atom is 0.416 e. The van der Waals surface area contributed by atoms with E-state index in [0.29, 0.717) is 38.7 Å². The van der Waals surface area contributed by atoms with E-state index >= 15 is 0 Å². The number of halogens is 4. The van der Waals surface area contributed by atoms with Gasteiger partial charge in [-0.2, -0.15) is 13.2 Å². The smallest absolute Gasteiger partial charge is 0.369 e. The van der Waals surface area contributed by atoms with Gasteiger partial charge in [-0.25, -0.2) is 9.18 Å². The summed E-state index contributed by atoms with van der Waals surface area (Å²) in [6.45, 7) is 3.92. The second kappa shape index (κ2) is 7.96. The molecule has 0 aromatic heterocycles. The zero-order valence-electron chi connectivity index (χ0n) is 17.1. The third kappa shape index (κ3) is 4.49. The SMILES string of the molecule is NC(=O)[C@H]1CCN(C(=O)N2CCC3(CC2)CN(Cc2ccc(C(F)(F)F)cc2F)C3)C1. The van der Waals surface area contributed by atoms with Crippen LogP contribution in [0.1, 0.15) is 30.4 Å². The first-order valence-electron chi connectivity index (χ1n) is 10.5. The Morgan fingerprint density at radius 1 is 1.10 bits per heavy atom. The van der Waals surface area contributed by atoms with E-state index in [9.17, 15) is 27.2 Å². The van der Waals surface area contributed by atoms with Crippen LogP contribution in [0, 0.1) is 17.2 Å². The van der Waals surface area contributed by atoms with E-state index in [2.05, 4.69) is 0 Å². The highest BCUT2D eigenvalue weighted by molar-refractivity contribution is 5.80. The molecule has 0 unspecified atom stereocenters. The second-order valence-electron chi connectivity index (χ2n) is 9.05. The molecule has 3 heterocycles. The summed E-state index contributed by atoms with van der Waals surface area (Å²) < 4.78 is 52.2. The first-order valence-corrected chi connectivity index (χ1v) is 10.5. The zero-order chi connectivity index (χ0) is 22.4. The van der Waals surface area contributed by atoms with Crippen molar-refractivity contribution in [3.05, 3.63) is 35.1 Å². The Kier molecular flexibility index (Phi) is 5.61. The first-order chi connectivity index (χ1) is 14.6. The molecular weight excluding hydrogens is 416 g/mol. The molecule has 170 valence electrons. The van der Waals surface area contributed by atoms with Crippen LogP contribution in [-0.4, -0.2) is 65.9 Å². The van der Waals surface area contributed by atoms with Gasteiger partial charge in [0.2, 0.25) is 5.91 Å². The van der Waals surface area contributed by atoms with E-state index < -0.39 is 17.6 Å². The number of carbonyl (C=O) groups excluding carboxylic acids is 2. The van der Waals surface area contributed by atoms with E-state index in [1.165, 1.54) is 6.07 Å². The number of hydrogen-bond donors (Lipinski definition) is 1. The largest absolute Gasteiger partial charge is 0.416 e. The fourth-order valence-corrected chi connectivity index (χ4v) is 4.96. The van der Waals surface area contributed by atoms with Crippen LogP contribution in [0.2, 0.25) is 0 Å². The molecule has 1 aromatic carbocycles. The lowest BCUT2D eigenvalue weighted by Gasteiger charge is -2.54. The molecule has 1 spiro atoms. The molecule has 1 aromatic rings. The van der Waals surface area contributed by atoms with Gasteiger partial charge in [-0.1, -0.05) is 6.07 Å². The van der Waals surface area contributed by atoms with Gasteiger partial charge in [0, 0.05) is 51.4 Å². The molecule has 4 rings (SSSR count). The molecule has 2 N–H and O–H groups in total. The third-order valence-electron chi connectivity index (χ3n) is 6.85. The number of nitrogens with zero attached hydrogens (tertiary/aromatic N) is 3. The number of hydrogen-bond acceptors (Lipinski definition) is 3. The number of benzene rings is 1. The van der Waals surface area contributed by atoms with Gasteiger partial charge in [-0.15, -0.1) is 0 Å². The van der Waals surface area contributed by atoms with Gasteiger partial charge in [0.05, 0.1) is 11.5 Å². The number of amides is 3. The van der Waals surface area contributed by atoms with Gasteiger partial charge in [-0.05, 0) is 36.8 Å². The maximum absolute atomic E-state index is 14.1. The van der Waals surface area contributed by atoms with Crippen molar-refractivity contribution in [2.75, 3.05) is 39.3 Å². The van der Waals surface area contributed by atoms with Crippen LogP contribution in [0.15, 0.2) is 18.2 Å². The minimum atomic E-state index is -4.55. The summed E-state index contributed by atoms with van der Waals surface area (Å²) >= 11 is 0. The van der Waals surface area contributed by atoms with E-state index in [1.807, 2.05) is 9.80 Å². The molecule has 0 radical (unpaired) electrons. The molecule has 0 aliphatic carbocycles. The lowest BCUT2D eigenvalue weighted by Crippen LogP contribution is -2.61. The minimum absolute atomic E-state index is 0.0541. The number of likely N-dealkylation sites (tertiary alicyclic amines) is 3. The first kappa shape index (κ1) is 21.9. The monoisotopic (exact) mass is 442 g/mol. The summed E-state index contributed by atoms with van der Waals surface area (Å²) in [7, 11) is 0. The van der Waals surface area contributed by atoms with Gasteiger partial charge < -0.3 is 15.5 Å². The normalized spacial score (nSPS) is 23.8. The van der Waals surface area contributed by atoms with E-state index in [0.717, 1.165) is 32.0 Å². The highest BCUT2D eigenvalue weighted by Crippen LogP contribution is 2.41. The third-order valence-corrected chi connectivity index (χ3v) is 6.85. The van der Waals surface area contributed by atoms with Crippen LogP contribution in [0.5, 0.6) is 0 Å². The highest BCUT2D eigenvalue weighted by atomic mass is 19.4. The average molecular weight is 442 g/mol. The Hall–Kier alpha value is -2.36. The summed E-state index contributed by atoms with van der Waals surface area (Å²) in [5, 5.41) is 0. The van der Waals surface area contributed by atoms with Crippen LogP contribution < -0.4 is 5.73 Å². The molecule has 1 atom stereocenters. The summed E-state index contributed by atoms with van der Waals surface area (Å²) in [6.07, 6.45) is -2.29. The Morgan fingerprint density at radius 2 is 1.77 bits per heavy atom. The van der Waals surface area contributed by atoms with Gasteiger partial charge in [0.1, 0.15) is 5.82 Å². The topological polar surface area (TPSA) is 69.9 Å². The number of piperidine rings is 1. The molecule has 31 heavy (non-hydrogen) atoms. The Balaban J connectivity index is 1.26. The molecule has 3 saturated heterocycles. The fourth-order valence-electron chi connectivity index (χ4n) is 4.96. The molecule has 3 aliphatic heterocycles. The number of urea groups is 1. The fraction of sp³-hybridized carbons (Fsp3) is 0.619. The molecule has 3 amide bonds. The van der Waals surface area contributed by atoms with Crippen molar-refractivity contribution < 1.29 is 27.2 Å². The average Bonchev–Trinajstić information content (AvgIpc) is 3.18. The maximum atomic E-state index is 14.1. The lowest BCUT2D eigenvalue weighted by molar-refractivity contribution is -0.137. The predicted molar refractivity (Wildman–Crippen MR) is 104 cm³/mol. The number of nitrogens with two attached hydrogens (primary N) is 1. The predicted octanol–water partition coefficient (Wildman–Crippen LogP) is 2.67. The van der Waals surface area contributed by atoms with Crippen molar-refractivity contribution in [3.8, 4) is 0 Å². The van der Waals surface area contributed by atoms with Crippen LogP contribution in [0.4, 0.5) is 22.4 Å². The van der Waals surface area contributed by atoms with Crippen LogP contribution in [-0.2, 0) is 17.5 Å². The molecule has 10 heteroatoms. The zero-order valence-corrected chi connectivity index (χ0v) is 17.1. The number of primary amides is 1. The lowest BCUT2D eigenvalue weighted by atomic mass is 9.72. The quantitative estimate of drug-likeness (QED) is 0.732.